The Morgan fingerprint density at radius 3 is 2.59 bits per heavy atom. The summed E-state index contributed by atoms with van der Waals surface area (Å²) in [5, 5.41) is 11.8. The van der Waals surface area contributed by atoms with E-state index in [0.29, 0.717) is 12.4 Å². The van der Waals surface area contributed by atoms with Crippen LogP contribution in [0.2, 0.25) is 5.02 Å². The SMILES string of the molecule is CC1(C)CC(c2ccc(Cl)cc2)=C(CN2CCN(C3=CCC(Oc4cccc5[nH]ccc45)(C(=O)O)C=C3)CC2)CO1. The number of hydrogen-bond donors (Lipinski definition) is 2. The van der Waals surface area contributed by atoms with Crippen molar-refractivity contribution in [2.75, 3.05) is 39.3 Å². The van der Waals surface area contributed by atoms with Gasteiger partial charge in [0, 0.05) is 73.4 Å². The fraction of sp³-hybridized carbons (Fsp3) is 0.364. The summed E-state index contributed by atoms with van der Waals surface area (Å²) in [6.07, 6.45) is 8.57. The molecule has 0 amide bonds. The fourth-order valence-electron chi connectivity index (χ4n) is 5.97. The molecule has 0 radical (unpaired) electrons. The van der Waals surface area contributed by atoms with E-state index in [9.17, 15) is 9.90 Å². The molecule has 41 heavy (non-hydrogen) atoms. The molecule has 0 saturated carbocycles. The molecule has 3 heterocycles. The van der Waals surface area contributed by atoms with Gasteiger partial charge in [-0.1, -0.05) is 35.9 Å². The Labute approximate surface area is 245 Å². The van der Waals surface area contributed by atoms with Crippen LogP contribution in [0.1, 0.15) is 32.3 Å². The van der Waals surface area contributed by atoms with Gasteiger partial charge in [0.2, 0.25) is 5.60 Å². The summed E-state index contributed by atoms with van der Waals surface area (Å²) in [4.78, 5) is 20.4. The molecule has 3 aliphatic rings. The molecule has 7 nitrogen and oxygen atoms in total. The minimum absolute atomic E-state index is 0.194. The maximum absolute atomic E-state index is 12.4. The lowest BCUT2D eigenvalue weighted by molar-refractivity contribution is -0.150. The maximum atomic E-state index is 12.4. The fourth-order valence-corrected chi connectivity index (χ4v) is 6.10. The summed E-state index contributed by atoms with van der Waals surface area (Å²) in [5.74, 6) is -0.437. The van der Waals surface area contributed by atoms with Gasteiger partial charge in [-0.25, -0.2) is 4.79 Å². The van der Waals surface area contributed by atoms with Crippen molar-refractivity contribution in [2.24, 2.45) is 0 Å². The van der Waals surface area contributed by atoms with Gasteiger partial charge in [-0.2, -0.15) is 0 Å². The quantitative estimate of drug-likeness (QED) is 0.354. The average molecular weight is 574 g/mol. The van der Waals surface area contributed by atoms with Crippen molar-refractivity contribution in [3.05, 3.63) is 94.8 Å². The van der Waals surface area contributed by atoms with Crippen LogP contribution in [0, 0.1) is 0 Å². The summed E-state index contributed by atoms with van der Waals surface area (Å²) in [5.41, 5.74) is 4.24. The number of H-pyrrole nitrogens is 1. The molecule has 0 spiro atoms. The highest BCUT2D eigenvalue weighted by molar-refractivity contribution is 6.30. The number of ether oxygens (including phenoxy) is 2. The molecule has 2 aliphatic heterocycles. The van der Waals surface area contributed by atoms with Crippen LogP contribution >= 0.6 is 11.6 Å². The second-order valence-corrected chi connectivity index (χ2v) is 12.2. The van der Waals surface area contributed by atoms with Crippen molar-refractivity contribution in [3.63, 3.8) is 0 Å². The van der Waals surface area contributed by atoms with Crippen LogP contribution in [0.5, 0.6) is 5.75 Å². The topological polar surface area (TPSA) is 78.0 Å². The van der Waals surface area contributed by atoms with E-state index in [4.69, 9.17) is 21.1 Å². The van der Waals surface area contributed by atoms with Crippen LogP contribution in [-0.2, 0) is 9.53 Å². The first-order valence-electron chi connectivity index (χ1n) is 14.2. The standard InChI is InChI=1S/C33H36ClN3O4/c1-32(2)20-28(23-6-8-25(34)9-7-23)24(22-40-32)21-36-16-18-37(19-17-36)26-10-13-33(14-11-26,31(38)39)41-30-5-3-4-29-27(30)12-15-35-29/h3-13,15,35H,14,16-22H2,1-2H3,(H,38,39). The Morgan fingerprint density at radius 1 is 1.10 bits per heavy atom. The lowest BCUT2D eigenvalue weighted by Crippen LogP contribution is -2.48. The van der Waals surface area contributed by atoms with Crippen molar-refractivity contribution < 1.29 is 19.4 Å². The Morgan fingerprint density at radius 2 is 1.88 bits per heavy atom. The number of nitrogens with one attached hydrogen (secondary N) is 1. The minimum Gasteiger partial charge on any atom is -0.478 e. The molecular weight excluding hydrogens is 538 g/mol. The van der Waals surface area contributed by atoms with Crippen molar-refractivity contribution in [3.8, 4) is 5.75 Å². The summed E-state index contributed by atoms with van der Waals surface area (Å²) >= 11 is 6.16. The summed E-state index contributed by atoms with van der Waals surface area (Å²) in [7, 11) is 0. The number of fused-ring (bicyclic) bond motifs is 1. The predicted molar refractivity (Wildman–Crippen MR) is 162 cm³/mol. The van der Waals surface area contributed by atoms with Crippen molar-refractivity contribution in [1.82, 2.24) is 14.8 Å². The normalized spacial score (nSPS) is 23.1. The van der Waals surface area contributed by atoms with Gasteiger partial charge >= 0.3 is 5.97 Å². The van der Waals surface area contributed by atoms with Gasteiger partial charge in [-0.15, -0.1) is 0 Å². The molecule has 1 aliphatic carbocycles. The average Bonchev–Trinajstić information content (AvgIpc) is 3.45. The van der Waals surface area contributed by atoms with E-state index in [0.717, 1.165) is 60.8 Å². The lowest BCUT2D eigenvalue weighted by Gasteiger charge is -2.40. The first kappa shape index (κ1) is 27.6. The number of carboxylic acid groups (broad SMARTS) is 1. The zero-order chi connectivity index (χ0) is 28.6. The Kier molecular flexibility index (Phi) is 7.45. The lowest BCUT2D eigenvalue weighted by atomic mass is 9.87. The van der Waals surface area contributed by atoms with Crippen molar-refractivity contribution in [1.29, 1.82) is 0 Å². The molecule has 214 valence electrons. The second kappa shape index (κ2) is 11.0. The van der Waals surface area contributed by atoms with E-state index in [-0.39, 0.29) is 12.0 Å². The van der Waals surface area contributed by atoms with Gasteiger partial charge in [-0.05, 0) is 73.0 Å². The zero-order valence-corrected chi connectivity index (χ0v) is 24.3. The predicted octanol–water partition coefficient (Wildman–Crippen LogP) is 6.14. The number of hydrogen-bond acceptors (Lipinski definition) is 5. The molecule has 1 unspecified atom stereocenters. The monoisotopic (exact) mass is 573 g/mol. The van der Waals surface area contributed by atoms with E-state index >= 15 is 0 Å². The van der Waals surface area contributed by atoms with Crippen LogP contribution in [0.3, 0.4) is 0 Å². The molecular formula is C33H36ClN3O4. The minimum atomic E-state index is -1.43. The van der Waals surface area contributed by atoms with Gasteiger partial charge in [-0.3, -0.25) is 4.90 Å². The molecule has 2 N–H and O–H groups in total. The Bertz CT molecular complexity index is 1530. The van der Waals surface area contributed by atoms with Gasteiger partial charge in [0.15, 0.2) is 0 Å². The molecule has 0 bridgehead atoms. The molecule has 8 heteroatoms. The highest BCUT2D eigenvalue weighted by Gasteiger charge is 2.40. The number of carboxylic acids is 1. The molecule has 2 aromatic carbocycles. The number of carbonyl (C=O) groups is 1. The first-order chi connectivity index (χ1) is 19.7. The van der Waals surface area contributed by atoms with Gasteiger partial charge < -0.3 is 24.5 Å². The number of benzene rings is 2. The maximum Gasteiger partial charge on any atom is 0.352 e. The third-order valence-electron chi connectivity index (χ3n) is 8.36. The summed E-state index contributed by atoms with van der Waals surface area (Å²) in [6, 6.07) is 15.7. The number of halogens is 1. The third-order valence-corrected chi connectivity index (χ3v) is 8.61. The van der Waals surface area contributed by atoms with Crippen LogP contribution in [0.25, 0.3) is 16.5 Å². The van der Waals surface area contributed by atoms with E-state index < -0.39 is 11.6 Å². The van der Waals surface area contributed by atoms with Gasteiger partial charge in [0.1, 0.15) is 5.75 Å². The number of aromatic nitrogens is 1. The molecule has 1 fully saturated rings. The molecule has 6 rings (SSSR count). The van der Waals surface area contributed by atoms with Gasteiger partial charge in [0.25, 0.3) is 0 Å². The van der Waals surface area contributed by atoms with E-state index in [2.05, 4.69) is 40.8 Å². The number of piperazine rings is 1. The Balaban J connectivity index is 1.11. The molecule has 1 aromatic heterocycles. The second-order valence-electron chi connectivity index (χ2n) is 11.7. The molecule has 1 saturated heterocycles. The van der Waals surface area contributed by atoms with Crippen LogP contribution in [0.4, 0.5) is 0 Å². The summed E-state index contributed by atoms with van der Waals surface area (Å²) < 4.78 is 12.4. The molecule has 3 aromatic rings. The van der Waals surface area contributed by atoms with Crippen LogP contribution < -0.4 is 4.74 Å². The van der Waals surface area contributed by atoms with E-state index in [1.54, 1.807) is 6.08 Å². The van der Waals surface area contributed by atoms with E-state index in [1.165, 1.54) is 16.7 Å². The highest BCUT2D eigenvalue weighted by Crippen LogP contribution is 2.37. The largest absolute Gasteiger partial charge is 0.478 e. The first-order valence-corrected chi connectivity index (χ1v) is 14.6. The van der Waals surface area contributed by atoms with Gasteiger partial charge in [0.05, 0.1) is 12.2 Å². The smallest absolute Gasteiger partial charge is 0.352 e. The molecule has 1 atom stereocenters. The number of aliphatic carboxylic acids is 1. The zero-order valence-electron chi connectivity index (χ0n) is 23.5. The Hall–Kier alpha value is -3.52. The number of aromatic amines is 1. The third kappa shape index (κ3) is 5.80. The van der Waals surface area contributed by atoms with E-state index in [1.807, 2.05) is 54.7 Å². The number of allylic oxidation sites excluding steroid dienone is 1. The van der Waals surface area contributed by atoms with Crippen molar-refractivity contribution in [2.45, 2.75) is 37.9 Å². The van der Waals surface area contributed by atoms with Crippen LogP contribution in [-0.4, -0.2) is 76.4 Å². The van der Waals surface area contributed by atoms with Crippen molar-refractivity contribution >= 4 is 34.0 Å². The number of rotatable bonds is 7. The highest BCUT2D eigenvalue weighted by atomic mass is 35.5. The number of nitrogens with zero attached hydrogens (tertiary/aromatic N) is 2. The van der Waals surface area contributed by atoms with Crippen LogP contribution in [0.15, 0.2) is 84.2 Å². The summed E-state index contributed by atoms with van der Waals surface area (Å²) in [6.45, 7) is 9.38.